The lowest BCUT2D eigenvalue weighted by molar-refractivity contribution is 0.112. The van der Waals surface area contributed by atoms with Crippen LogP contribution in [-0.2, 0) is 0 Å². The van der Waals surface area contributed by atoms with E-state index in [1.54, 1.807) is 36.5 Å². The molecule has 0 radical (unpaired) electrons. The van der Waals surface area contributed by atoms with E-state index in [-0.39, 0.29) is 0 Å². The molecule has 1 aliphatic heterocycles. The van der Waals surface area contributed by atoms with Crippen LogP contribution < -0.4 is 9.47 Å². The average Bonchev–Trinajstić information content (AvgIpc) is 2.47. The molecule has 0 aliphatic carbocycles. The van der Waals surface area contributed by atoms with Crippen molar-refractivity contribution in [3.05, 3.63) is 47.7 Å². The second kappa shape index (κ2) is 4.87. The smallest absolute Gasteiger partial charge is 0.240 e. The van der Waals surface area contributed by atoms with E-state index in [4.69, 9.17) is 14.7 Å². The minimum atomic E-state index is -0.751. The third-order valence-electron chi connectivity index (χ3n) is 2.82. The molecule has 3 rings (SSSR count). The van der Waals surface area contributed by atoms with Gasteiger partial charge in [0, 0.05) is 12.3 Å². The number of ether oxygens (including phenoxy) is 2. The van der Waals surface area contributed by atoms with Gasteiger partial charge in [0.2, 0.25) is 11.8 Å². The van der Waals surface area contributed by atoms with Gasteiger partial charge in [-0.15, -0.1) is 5.10 Å². The first-order valence-electron chi connectivity index (χ1n) is 6.36. The van der Waals surface area contributed by atoms with Crippen molar-refractivity contribution in [2.24, 2.45) is 4.99 Å². The zero-order valence-electron chi connectivity index (χ0n) is 11.6. The van der Waals surface area contributed by atoms with Crippen molar-refractivity contribution in [1.29, 1.82) is 5.26 Å². The quantitative estimate of drug-likeness (QED) is 0.800. The summed E-state index contributed by atoms with van der Waals surface area (Å²) in [5.74, 6) is 1.31. The number of rotatable bonds is 1. The van der Waals surface area contributed by atoms with E-state index >= 15 is 0 Å². The fraction of sp³-hybridized carbons (Fsp3) is 0.200. The lowest BCUT2D eigenvalue weighted by atomic mass is 10.1. The summed E-state index contributed by atoms with van der Waals surface area (Å²) in [6, 6.07) is 10.6. The molecule has 0 amide bonds. The molecule has 1 aromatic heterocycles. The van der Waals surface area contributed by atoms with Gasteiger partial charge in [-0.2, -0.15) is 10.4 Å². The van der Waals surface area contributed by atoms with Crippen molar-refractivity contribution < 1.29 is 9.47 Å². The van der Waals surface area contributed by atoms with Gasteiger partial charge >= 0.3 is 0 Å². The molecule has 1 aliphatic rings. The summed E-state index contributed by atoms with van der Waals surface area (Å²) in [4.78, 5) is 4.42. The molecule has 104 valence electrons. The Morgan fingerprint density at radius 1 is 1.29 bits per heavy atom. The van der Waals surface area contributed by atoms with E-state index < -0.39 is 5.72 Å². The molecule has 1 aromatic carbocycles. The van der Waals surface area contributed by atoms with Crippen LogP contribution in [0.3, 0.4) is 0 Å². The molecule has 0 unspecified atom stereocenters. The van der Waals surface area contributed by atoms with Crippen LogP contribution in [0.5, 0.6) is 11.6 Å². The lowest BCUT2D eigenvalue weighted by Gasteiger charge is -2.29. The zero-order valence-corrected chi connectivity index (χ0v) is 11.6. The van der Waals surface area contributed by atoms with Crippen molar-refractivity contribution in [1.82, 2.24) is 10.2 Å². The van der Waals surface area contributed by atoms with Gasteiger partial charge < -0.3 is 9.47 Å². The summed E-state index contributed by atoms with van der Waals surface area (Å²) < 4.78 is 11.5. The van der Waals surface area contributed by atoms with Gasteiger partial charge in [0.25, 0.3) is 0 Å². The Labute approximate surface area is 121 Å². The van der Waals surface area contributed by atoms with Crippen LogP contribution in [0.15, 0.2) is 41.5 Å². The number of benzene rings is 1. The van der Waals surface area contributed by atoms with Crippen LogP contribution in [0.25, 0.3) is 0 Å². The summed E-state index contributed by atoms with van der Waals surface area (Å²) in [5.41, 5.74) is 0.380. The molecule has 21 heavy (non-hydrogen) atoms. The molecule has 6 heteroatoms. The molecular weight excluding hydrogens is 268 g/mol. The maximum atomic E-state index is 9.02. The third-order valence-corrected chi connectivity index (χ3v) is 2.82. The monoisotopic (exact) mass is 280 g/mol. The van der Waals surface area contributed by atoms with Crippen LogP contribution in [0.1, 0.15) is 25.0 Å². The highest BCUT2D eigenvalue weighted by atomic mass is 16.5. The fourth-order valence-corrected chi connectivity index (χ4v) is 1.97. The Balaban J connectivity index is 2.05. The maximum Gasteiger partial charge on any atom is 0.240 e. The molecule has 2 heterocycles. The predicted molar refractivity (Wildman–Crippen MR) is 75.1 cm³/mol. The van der Waals surface area contributed by atoms with Gasteiger partial charge in [-0.05, 0) is 38.1 Å². The third kappa shape index (κ3) is 2.67. The minimum absolute atomic E-state index is 0.335. The van der Waals surface area contributed by atoms with Gasteiger partial charge in [0.15, 0.2) is 5.72 Å². The highest BCUT2D eigenvalue weighted by molar-refractivity contribution is 5.99. The molecule has 2 aromatic rings. The summed E-state index contributed by atoms with van der Waals surface area (Å²) in [6.45, 7) is 3.66. The number of hydrogen-bond acceptors (Lipinski definition) is 6. The lowest BCUT2D eigenvalue weighted by Crippen LogP contribution is -2.34. The summed E-state index contributed by atoms with van der Waals surface area (Å²) in [7, 11) is 0. The first-order chi connectivity index (χ1) is 10.1. The predicted octanol–water partition coefficient (Wildman–Crippen LogP) is 2.30. The van der Waals surface area contributed by atoms with Crippen molar-refractivity contribution in [3.8, 4) is 17.7 Å². The summed E-state index contributed by atoms with van der Waals surface area (Å²) in [6.07, 6.45) is 1.56. The van der Waals surface area contributed by atoms with Crippen LogP contribution in [0.2, 0.25) is 0 Å². The van der Waals surface area contributed by atoms with Crippen molar-refractivity contribution in [2.75, 3.05) is 0 Å². The van der Waals surface area contributed by atoms with Gasteiger partial charge in [-0.25, -0.2) is 4.99 Å². The normalized spacial score (nSPS) is 15.2. The van der Waals surface area contributed by atoms with Crippen molar-refractivity contribution in [2.45, 2.75) is 19.6 Å². The van der Waals surface area contributed by atoms with Crippen molar-refractivity contribution in [3.63, 3.8) is 0 Å². The highest BCUT2D eigenvalue weighted by Gasteiger charge is 2.30. The number of nitrogens with zero attached hydrogens (tertiary/aromatic N) is 4. The second-order valence-corrected chi connectivity index (χ2v) is 4.95. The second-order valence-electron chi connectivity index (χ2n) is 4.95. The first kappa shape index (κ1) is 13.1. The van der Waals surface area contributed by atoms with Crippen LogP contribution in [0, 0.1) is 11.3 Å². The molecule has 0 saturated heterocycles. The van der Waals surface area contributed by atoms with Crippen molar-refractivity contribution >= 4 is 5.90 Å². The summed E-state index contributed by atoms with van der Waals surface area (Å²) >= 11 is 0. The van der Waals surface area contributed by atoms with Crippen LogP contribution in [0.4, 0.5) is 0 Å². The molecule has 0 spiro atoms. The Kier molecular flexibility index (Phi) is 3.03. The molecule has 0 fully saturated rings. The molecule has 6 nitrogen and oxygen atoms in total. The topological polar surface area (TPSA) is 80.4 Å². The highest BCUT2D eigenvalue weighted by Crippen LogP contribution is 2.31. The van der Waals surface area contributed by atoms with Gasteiger partial charge in [0.1, 0.15) is 5.75 Å². The van der Waals surface area contributed by atoms with Gasteiger partial charge in [-0.1, -0.05) is 0 Å². The van der Waals surface area contributed by atoms with E-state index in [9.17, 15) is 0 Å². The van der Waals surface area contributed by atoms with E-state index in [2.05, 4.69) is 21.3 Å². The largest absolute Gasteiger partial charge is 0.466 e. The van der Waals surface area contributed by atoms with Gasteiger partial charge in [0.05, 0.1) is 17.2 Å². The standard InChI is InChI=1S/C15H12N4O2/c1-15(2)18-14(20-13-4-3-7-17-19-13)11-8-10(9-16)5-6-12(11)21-15/h3-8H,1-2H3. The zero-order chi connectivity index (χ0) is 14.9. The Bertz CT molecular complexity index is 748. The molecular formula is C15H12N4O2. The number of nitriles is 1. The van der Waals surface area contributed by atoms with E-state index in [0.29, 0.717) is 28.7 Å². The Hall–Kier alpha value is -2.94. The number of aromatic nitrogens is 2. The molecule has 0 bridgehead atoms. The first-order valence-corrected chi connectivity index (χ1v) is 6.36. The minimum Gasteiger partial charge on any atom is -0.466 e. The van der Waals surface area contributed by atoms with Crippen LogP contribution >= 0.6 is 0 Å². The molecule has 0 saturated carbocycles. The van der Waals surface area contributed by atoms with E-state index in [1.165, 1.54) is 0 Å². The molecule has 0 atom stereocenters. The SMILES string of the molecule is CC1(C)N=C(Oc2cccnn2)c2cc(C#N)ccc2O1. The van der Waals surface area contributed by atoms with E-state index in [1.807, 2.05) is 13.8 Å². The van der Waals surface area contributed by atoms with Gasteiger partial charge in [-0.3, -0.25) is 0 Å². The average molecular weight is 280 g/mol. The number of hydrogen-bond donors (Lipinski definition) is 0. The fourth-order valence-electron chi connectivity index (χ4n) is 1.97. The number of aliphatic imine (C=N–C) groups is 1. The Morgan fingerprint density at radius 3 is 2.86 bits per heavy atom. The summed E-state index contributed by atoms with van der Waals surface area (Å²) in [5, 5.41) is 16.7. The van der Waals surface area contributed by atoms with Crippen LogP contribution in [-0.4, -0.2) is 21.8 Å². The Morgan fingerprint density at radius 2 is 2.14 bits per heavy atom. The number of fused-ring (bicyclic) bond motifs is 1. The van der Waals surface area contributed by atoms with E-state index in [0.717, 1.165) is 0 Å². The maximum absolute atomic E-state index is 9.02. The molecule has 0 N–H and O–H groups in total.